The number of fused-ring (bicyclic) bond motifs is 1. The first-order chi connectivity index (χ1) is 7.24. The molecule has 2 N–H and O–H groups in total. The predicted molar refractivity (Wildman–Crippen MR) is 53.9 cm³/mol. The summed E-state index contributed by atoms with van der Waals surface area (Å²) in [6.45, 7) is 0.226. The number of aromatic nitrogens is 2. The zero-order chi connectivity index (χ0) is 10.8. The van der Waals surface area contributed by atoms with Gasteiger partial charge in [-0.2, -0.15) is 4.98 Å². The van der Waals surface area contributed by atoms with Gasteiger partial charge < -0.3 is 10.5 Å². The van der Waals surface area contributed by atoms with E-state index in [4.69, 9.17) is 10.5 Å². The Bertz CT molecular complexity index is 501. The fourth-order valence-electron chi connectivity index (χ4n) is 1.37. The van der Waals surface area contributed by atoms with Crippen molar-refractivity contribution in [3.05, 3.63) is 29.8 Å². The Balaban J connectivity index is 2.75. The summed E-state index contributed by atoms with van der Waals surface area (Å²) in [5.74, 6) is 0.482. The van der Waals surface area contributed by atoms with E-state index in [2.05, 4.69) is 9.97 Å². The summed E-state index contributed by atoms with van der Waals surface area (Å²) in [6, 6.07) is 4.26. The summed E-state index contributed by atoms with van der Waals surface area (Å²) in [5, 5.41) is 0.551. The number of hydrogen-bond acceptors (Lipinski definition) is 4. The van der Waals surface area contributed by atoms with Crippen molar-refractivity contribution in [3.63, 3.8) is 0 Å². The molecule has 0 radical (unpaired) electrons. The first-order valence-corrected chi connectivity index (χ1v) is 4.45. The van der Waals surface area contributed by atoms with Crippen LogP contribution in [-0.4, -0.2) is 17.1 Å². The van der Waals surface area contributed by atoms with Crippen molar-refractivity contribution < 1.29 is 9.13 Å². The molecule has 5 heteroatoms. The largest absolute Gasteiger partial charge is 0.480 e. The van der Waals surface area contributed by atoms with Gasteiger partial charge in [-0.05, 0) is 18.2 Å². The SMILES string of the molecule is COc1nc(CN)nc2ccc(F)cc12. The van der Waals surface area contributed by atoms with Gasteiger partial charge in [0.25, 0.3) is 0 Å². The number of hydrogen-bond donors (Lipinski definition) is 1. The van der Waals surface area contributed by atoms with Crippen LogP contribution in [0, 0.1) is 5.82 Å². The standard InChI is InChI=1S/C10H10FN3O/c1-15-10-7-4-6(11)2-3-8(7)13-9(5-12)14-10/h2-4H,5,12H2,1H3. The third-order valence-corrected chi connectivity index (χ3v) is 2.05. The number of rotatable bonds is 2. The van der Waals surface area contributed by atoms with Crippen LogP contribution in [0.5, 0.6) is 5.88 Å². The minimum atomic E-state index is -0.343. The average Bonchev–Trinajstić information content (AvgIpc) is 2.27. The molecule has 0 aliphatic rings. The van der Waals surface area contributed by atoms with Crippen LogP contribution >= 0.6 is 0 Å². The minimum absolute atomic E-state index is 0.226. The average molecular weight is 207 g/mol. The highest BCUT2D eigenvalue weighted by Gasteiger charge is 2.07. The van der Waals surface area contributed by atoms with E-state index in [0.717, 1.165) is 0 Å². The van der Waals surface area contributed by atoms with Gasteiger partial charge in [-0.3, -0.25) is 0 Å². The van der Waals surface area contributed by atoms with Crippen molar-refractivity contribution in [2.24, 2.45) is 5.73 Å². The number of nitrogens with two attached hydrogens (primary N) is 1. The third kappa shape index (κ3) is 1.73. The van der Waals surface area contributed by atoms with Crippen LogP contribution in [0.15, 0.2) is 18.2 Å². The normalized spacial score (nSPS) is 10.6. The maximum atomic E-state index is 13.0. The lowest BCUT2D eigenvalue weighted by Crippen LogP contribution is -2.04. The molecule has 0 bridgehead atoms. The topological polar surface area (TPSA) is 61.0 Å². The highest BCUT2D eigenvalue weighted by atomic mass is 19.1. The fourth-order valence-corrected chi connectivity index (χ4v) is 1.37. The van der Waals surface area contributed by atoms with Crippen molar-refractivity contribution in [3.8, 4) is 5.88 Å². The first-order valence-electron chi connectivity index (χ1n) is 4.45. The maximum absolute atomic E-state index is 13.0. The molecule has 0 saturated carbocycles. The molecule has 15 heavy (non-hydrogen) atoms. The number of methoxy groups -OCH3 is 1. The van der Waals surface area contributed by atoms with Crippen LogP contribution in [0.4, 0.5) is 4.39 Å². The van der Waals surface area contributed by atoms with E-state index in [9.17, 15) is 4.39 Å². The van der Waals surface area contributed by atoms with Gasteiger partial charge in [-0.15, -0.1) is 0 Å². The van der Waals surface area contributed by atoms with Crippen molar-refractivity contribution in [1.82, 2.24) is 9.97 Å². The second-order valence-electron chi connectivity index (χ2n) is 3.01. The van der Waals surface area contributed by atoms with E-state index in [0.29, 0.717) is 22.6 Å². The molecule has 0 fully saturated rings. The highest BCUT2D eigenvalue weighted by Crippen LogP contribution is 2.22. The smallest absolute Gasteiger partial charge is 0.224 e. The summed E-state index contributed by atoms with van der Waals surface area (Å²) < 4.78 is 18.1. The predicted octanol–water partition coefficient (Wildman–Crippen LogP) is 1.24. The molecule has 0 aliphatic carbocycles. The highest BCUT2D eigenvalue weighted by molar-refractivity contribution is 5.83. The Morgan fingerprint density at radius 2 is 2.20 bits per heavy atom. The molecule has 1 aromatic carbocycles. The number of halogens is 1. The van der Waals surface area contributed by atoms with Gasteiger partial charge in [0.15, 0.2) is 0 Å². The summed E-state index contributed by atoms with van der Waals surface area (Å²) in [5.41, 5.74) is 6.07. The van der Waals surface area contributed by atoms with Crippen LogP contribution in [0.1, 0.15) is 5.82 Å². The van der Waals surface area contributed by atoms with E-state index in [1.54, 1.807) is 6.07 Å². The summed E-state index contributed by atoms with van der Waals surface area (Å²) in [6.07, 6.45) is 0. The lowest BCUT2D eigenvalue weighted by Gasteiger charge is -2.05. The van der Waals surface area contributed by atoms with E-state index in [1.165, 1.54) is 19.2 Å². The Morgan fingerprint density at radius 1 is 1.40 bits per heavy atom. The zero-order valence-corrected chi connectivity index (χ0v) is 8.20. The molecule has 1 aromatic heterocycles. The second-order valence-corrected chi connectivity index (χ2v) is 3.01. The molecule has 4 nitrogen and oxygen atoms in total. The Labute approximate surface area is 85.9 Å². The number of benzene rings is 1. The zero-order valence-electron chi connectivity index (χ0n) is 8.20. The van der Waals surface area contributed by atoms with Crippen LogP contribution in [-0.2, 0) is 6.54 Å². The van der Waals surface area contributed by atoms with Gasteiger partial charge in [0.05, 0.1) is 24.6 Å². The van der Waals surface area contributed by atoms with Crippen LogP contribution < -0.4 is 10.5 Å². The van der Waals surface area contributed by atoms with Crippen molar-refractivity contribution in [1.29, 1.82) is 0 Å². The monoisotopic (exact) mass is 207 g/mol. The molecule has 0 atom stereocenters. The Hall–Kier alpha value is -1.75. The number of ether oxygens (including phenoxy) is 1. The molecule has 2 rings (SSSR count). The molecule has 0 unspecified atom stereocenters. The Morgan fingerprint density at radius 3 is 2.87 bits per heavy atom. The summed E-state index contributed by atoms with van der Waals surface area (Å²) >= 11 is 0. The number of nitrogens with zero attached hydrogens (tertiary/aromatic N) is 2. The van der Waals surface area contributed by atoms with Gasteiger partial charge in [0.2, 0.25) is 5.88 Å². The summed E-state index contributed by atoms with van der Waals surface area (Å²) in [4.78, 5) is 8.21. The van der Waals surface area contributed by atoms with Crippen LogP contribution in [0.2, 0.25) is 0 Å². The first kappa shape index (κ1) is 9.79. The van der Waals surface area contributed by atoms with Gasteiger partial charge >= 0.3 is 0 Å². The van der Waals surface area contributed by atoms with E-state index < -0.39 is 0 Å². The Kier molecular flexibility index (Phi) is 2.47. The van der Waals surface area contributed by atoms with Crippen molar-refractivity contribution in [2.75, 3.05) is 7.11 Å². The lowest BCUT2D eigenvalue weighted by molar-refractivity contribution is 0.400. The second kappa shape index (κ2) is 3.78. The minimum Gasteiger partial charge on any atom is -0.480 e. The molecular weight excluding hydrogens is 197 g/mol. The van der Waals surface area contributed by atoms with E-state index in [-0.39, 0.29) is 12.4 Å². The summed E-state index contributed by atoms with van der Waals surface area (Å²) in [7, 11) is 1.48. The third-order valence-electron chi connectivity index (χ3n) is 2.05. The quantitative estimate of drug-likeness (QED) is 0.804. The molecule has 1 heterocycles. The molecule has 78 valence electrons. The molecular formula is C10H10FN3O. The van der Waals surface area contributed by atoms with E-state index >= 15 is 0 Å². The fraction of sp³-hybridized carbons (Fsp3) is 0.200. The van der Waals surface area contributed by atoms with Gasteiger partial charge in [0.1, 0.15) is 11.6 Å². The lowest BCUT2D eigenvalue weighted by atomic mass is 10.2. The van der Waals surface area contributed by atoms with Crippen LogP contribution in [0.3, 0.4) is 0 Å². The van der Waals surface area contributed by atoms with Gasteiger partial charge in [-0.1, -0.05) is 0 Å². The molecule has 0 aliphatic heterocycles. The maximum Gasteiger partial charge on any atom is 0.224 e. The van der Waals surface area contributed by atoms with Gasteiger partial charge in [-0.25, -0.2) is 9.37 Å². The molecule has 0 spiro atoms. The van der Waals surface area contributed by atoms with Crippen molar-refractivity contribution >= 4 is 10.9 Å². The molecule has 0 saturated heterocycles. The van der Waals surface area contributed by atoms with Gasteiger partial charge in [0, 0.05) is 0 Å². The van der Waals surface area contributed by atoms with Crippen molar-refractivity contribution in [2.45, 2.75) is 6.54 Å². The molecule has 2 aromatic rings. The van der Waals surface area contributed by atoms with Crippen LogP contribution in [0.25, 0.3) is 10.9 Å². The van der Waals surface area contributed by atoms with E-state index in [1.807, 2.05) is 0 Å². The molecule has 0 amide bonds.